The fourth-order valence-electron chi connectivity index (χ4n) is 1.45. The number of alkyl halides is 1. The van der Waals surface area contributed by atoms with Gasteiger partial charge < -0.3 is 4.74 Å². The molecule has 1 aromatic heterocycles. The van der Waals surface area contributed by atoms with Gasteiger partial charge in [0.05, 0.1) is 29.8 Å². The summed E-state index contributed by atoms with van der Waals surface area (Å²) in [5.41, 5.74) is 2.16. The molecule has 2 rings (SSSR count). The molecule has 17 heavy (non-hydrogen) atoms. The Morgan fingerprint density at radius 2 is 2.06 bits per heavy atom. The summed E-state index contributed by atoms with van der Waals surface area (Å²) in [6, 6.07) is 10.2. The largest absolute Gasteiger partial charge is 0.376 e. The molecule has 0 amide bonds. The van der Waals surface area contributed by atoms with Crippen molar-refractivity contribution >= 4 is 22.9 Å². The molecule has 1 heterocycles. The Morgan fingerprint density at radius 3 is 2.76 bits per heavy atom. The van der Waals surface area contributed by atoms with E-state index in [4.69, 9.17) is 16.3 Å². The van der Waals surface area contributed by atoms with E-state index in [0.29, 0.717) is 19.1 Å². The smallest absolute Gasteiger partial charge is 0.0951 e. The summed E-state index contributed by atoms with van der Waals surface area (Å²) >= 11 is 7.34. The van der Waals surface area contributed by atoms with E-state index >= 15 is 0 Å². The predicted molar refractivity (Wildman–Crippen MR) is 71.5 cm³/mol. The van der Waals surface area contributed by atoms with Gasteiger partial charge in [-0.15, -0.1) is 22.9 Å². The zero-order chi connectivity index (χ0) is 11.9. The number of halogens is 1. The molecule has 0 aliphatic rings. The van der Waals surface area contributed by atoms with Crippen molar-refractivity contribution in [2.45, 2.75) is 18.9 Å². The van der Waals surface area contributed by atoms with Crippen LogP contribution in [-0.4, -0.2) is 11.6 Å². The third kappa shape index (κ3) is 4.11. The fraction of sp³-hybridized carbons (Fsp3) is 0.308. The Balaban J connectivity index is 1.69. The summed E-state index contributed by atoms with van der Waals surface area (Å²) in [7, 11) is 0. The van der Waals surface area contributed by atoms with Crippen LogP contribution >= 0.6 is 22.9 Å². The Morgan fingerprint density at radius 1 is 1.24 bits per heavy atom. The first kappa shape index (κ1) is 12.6. The van der Waals surface area contributed by atoms with Gasteiger partial charge in [-0.25, -0.2) is 4.98 Å². The summed E-state index contributed by atoms with van der Waals surface area (Å²) in [6.07, 6.45) is 0.856. The van der Waals surface area contributed by atoms with Crippen molar-refractivity contribution in [1.29, 1.82) is 0 Å². The topological polar surface area (TPSA) is 22.1 Å². The molecule has 1 aromatic carbocycles. The second kappa shape index (κ2) is 6.74. The van der Waals surface area contributed by atoms with Gasteiger partial charge in [0.1, 0.15) is 0 Å². The minimum absolute atomic E-state index is 0.487. The Hall–Kier alpha value is -0.900. The third-order valence-corrected chi connectivity index (χ3v) is 3.54. The standard InChI is InChI=1S/C13H14ClNOS/c14-8-12-10-17-13(15-12)6-7-16-9-11-4-2-1-3-5-11/h1-5,10H,6-9H2. The first-order valence-corrected chi connectivity index (χ1v) is 6.91. The maximum absolute atomic E-state index is 5.69. The van der Waals surface area contributed by atoms with E-state index in [-0.39, 0.29) is 0 Å². The summed E-state index contributed by atoms with van der Waals surface area (Å²) in [5.74, 6) is 0.487. The molecule has 0 bridgehead atoms. The van der Waals surface area contributed by atoms with Crippen LogP contribution in [-0.2, 0) is 23.6 Å². The van der Waals surface area contributed by atoms with Crippen LogP contribution in [0.25, 0.3) is 0 Å². The maximum Gasteiger partial charge on any atom is 0.0951 e. The van der Waals surface area contributed by atoms with Gasteiger partial charge in [-0.3, -0.25) is 0 Å². The first-order valence-electron chi connectivity index (χ1n) is 5.49. The van der Waals surface area contributed by atoms with Gasteiger partial charge in [0, 0.05) is 11.8 Å². The molecule has 0 saturated heterocycles. The quantitative estimate of drug-likeness (QED) is 0.589. The third-order valence-electron chi connectivity index (χ3n) is 2.31. The van der Waals surface area contributed by atoms with Gasteiger partial charge >= 0.3 is 0 Å². The zero-order valence-corrected chi connectivity index (χ0v) is 11.0. The normalized spacial score (nSPS) is 10.6. The van der Waals surface area contributed by atoms with E-state index in [1.807, 2.05) is 23.6 Å². The molecule has 2 nitrogen and oxygen atoms in total. The highest BCUT2D eigenvalue weighted by atomic mass is 35.5. The minimum atomic E-state index is 0.487. The van der Waals surface area contributed by atoms with E-state index in [2.05, 4.69) is 17.1 Å². The summed E-state index contributed by atoms with van der Waals surface area (Å²) in [4.78, 5) is 4.38. The molecule has 0 saturated carbocycles. The van der Waals surface area contributed by atoms with Crippen LogP contribution in [0.5, 0.6) is 0 Å². The first-order chi connectivity index (χ1) is 8.38. The van der Waals surface area contributed by atoms with E-state index < -0.39 is 0 Å². The van der Waals surface area contributed by atoms with Crippen LogP contribution in [0.2, 0.25) is 0 Å². The molecule has 90 valence electrons. The highest BCUT2D eigenvalue weighted by Gasteiger charge is 2.00. The van der Waals surface area contributed by atoms with Crippen LogP contribution < -0.4 is 0 Å². The van der Waals surface area contributed by atoms with Crippen LogP contribution in [0, 0.1) is 0 Å². The molecular formula is C13H14ClNOS. The zero-order valence-electron chi connectivity index (χ0n) is 9.43. The predicted octanol–water partition coefficient (Wildman–Crippen LogP) is 3.64. The van der Waals surface area contributed by atoms with Crippen molar-refractivity contribution in [3.05, 3.63) is 52.0 Å². The Kier molecular flexibility index (Phi) is 4.98. The van der Waals surface area contributed by atoms with Gasteiger partial charge in [0.2, 0.25) is 0 Å². The molecule has 4 heteroatoms. The van der Waals surface area contributed by atoms with Crippen molar-refractivity contribution in [1.82, 2.24) is 4.98 Å². The van der Waals surface area contributed by atoms with Crippen molar-refractivity contribution < 1.29 is 4.74 Å². The van der Waals surface area contributed by atoms with Gasteiger partial charge in [0.15, 0.2) is 0 Å². The van der Waals surface area contributed by atoms with Gasteiger partial charge in [0.25, 0.3) is 0 Å². The van der Waals surface area contributed by atoms with Crippen LogP contribution in [0.15, 0.2) is 35.7 Å². The van der Waals surface area contributed by atoms with E-state index in [1.54, 1.807) is 11.3 Å². The monoisotopic (exact) mass is 267 g/mol. The Bertz CT molecular complexity index is 444. The molecule has 0 fully saturated rings. The molecule has 2 aromatic rings. The molecule has 0 unspecified atom stereocenters. The molecular weight excluding hydrogens is 254 g/mol. The van der Waals surface area contributed by atoms with Gasteiger partial charge in [-0.05, 0) is 5.56 Å². The second-order valence-electron chi connectivity index (χ2n) is 3.65. The van der Waals surface area contributed by atoms with Crippen molar-refractivity contribution in [2.75, 3.05) is 6.61 Å². The number of nitrogens with zero attached hydrogens (tertiary/aromatic N) is 1. The number of thiazole rings is 1. The summed E-state index contributed by atoms with van der Waals surface area (Å²) < 4.78 is 5.60. The lowest BCUT2D eigenvalue weighted by atomic mass is 10.2. The number of ether oxygens (including phenoxy) is 1. The average molecular weight is 268 g/mol. The van der Waals surface area contributed by atoms with E-state index in [1.165, 1.54) is 5.56 Å². The SMILES string of the molecule is ClCc1csc(CCOCc2ccccc2)n1. The molecule has 0 N–H and O–H groups in total. The molecule has 0 radical (unpaired) electrons. The number of hydrogen-bond acceptors (Lipinski definition) is 3. The second-order valence-corrected chi connectivity index (χ2v) is 4.86. The Labute approximate surface area is 110 Å². The van der Waals surface area contributed by atoms with Gasteiger partial charge in [-0.2, -0.15) is 0 Å². The molecule has 0 aliphatic carbocycles. The minimum Gasteiger partial charge on any atom is -0.376 e. The number of hydrogen-bond donors (Lipinski definition) is 0. The van der Waals surface area contributed by atoms with E-state index in [9.17, 15) is 0 Å². The lowest BCUT2D eigenvalue weighted by Gasteiger charge is -2.02. The lowest BCUT2D eigenvalue weighted by molar-refractivity contribution is 0.124. The van der Waals surface area contributed by atoms with Crippen molar-refractivity contribution in [3.63, 3.8) is 0 Å². The summed E-state index contributed by atoms with van der Waals surface area (Å²) in [5, 5.41) is 3.09. The number of benzene rings is 1. The average Bonchev–Trinajstić information content (AvgIpc) is 2.84. The highest BCUT2D eigenvalue weighted by molar-refractivity contribution is 7.09. The highest BCUT2D eigenvalue weighted by Crippen LogP contribution is 2.12. The number of rotatable bonds is 6. The van der Waals surface area contributed by atoms with Gasteiger partial charge in [-0.1, -0.05) is 30.3 Å². The fourth-order valence-corrected chi connectivity index (χ4v) is 2.46. The van der Waals surface area contributed by atoms with Crippen molar-refractivity contribution in [2.24, 2.45) is 0 Å². The lowest BCUT2D eigenvalue weighted by Crippen LogP contribution is -1.98. The molecule has 0 spiro atoms. The van der Waals surface area contributed by atoms with Crippen LogP contribution in [0.4, 0.5) is 0 Å². The van der Waals surface area contributed by atoms with Crippen molar-refractivity contribution in [3.8, 4) is 0 Å². The molecule has 0 atom stereocenters. The summed E-state index contributed by atoms with van der Waals surface area (Å²) in [6.45, 7) is 1.36. The molecule has 0 aliphatic heterocycles. The number of aromatic nitrogens is 1. The van der Waals surface area contributed by atoms with Crippen LogP contribution in [0.1, 0.15) is 16.3 Å². The van der Waals surface area contributed by atoms with Crippen LogP contribution in [0.3, 0.4) is 0 Å². The van der Waals surface area contributed by atoms with E-state index in [0.717, 1.165) is 17.1 Å². The maximum atomic E-state index is 5.69.